The van der Waals surface area contributed by atoms with Gasteiger partial charge in [0, 0.05) is 12.6 Å². The minimum atomic E-state index is 0.153. The topological polar surface area (TPSA) is 32.3 Å². The van der Waals surface area contributed by atoms with E-state index in [2.05, 4.69) is 12.2 Å². The van der Waals surface area contributed by atoms with E-state index in [0.29, 0.717) is 11.1 Å². The van der Waals surface area contributed by atoms with E-state index >= 15 is 0 Å². The van der Waals surface area contributed by atoms with Gasteiger partial charge in [-0.25, -0.2) is 0 Å². The SMILES string of the molecule is C[C@H](NCc1ccc(O)c(Cl)c1)C1CCCCC1. The summed E-state index contributed by atoms with van der Waals surface area (Å²) in [4.78, 5) is 0. The summed E-state index contributed by atoms with van der Waals surface area (Å²) in [7, 11) is 0. The Bertz CT molecular complexity index is 388. The Balaban J connectivity index is 1.84. The summed E-state index contributed by atoms with van der Waals surface area (Å²) in [5, 5.41) is 13.4. The maximum atomic E-state index is 9.37. The molecular weight excluding hydrogens is 246 g/mol. The molecule has 1 aliphatic rings. The van der Waals surface area contributed by atoms with Crippen LogP contribution in [0, 0.1) is 5.92 Å². The van der Waals surface area contributed by atoms with E-state index in [1.807, 2.05) is 12.1 Å². The smallest absolute Gasteiger partial charge is 0.134 e. The van der Waals surface area contributed by atoms with Crippen molar-refractivity contribution in [1.29, 1.82) is 0 Å². The molecule has 1 aliphatic carbocycles. The van der Waals surface area contributed by atoms with Gasteiger partial charge in [-0.3, -0.25) is 0 Å². The Morgan fingerprint density at radius 1 is 1.33 bits per heavy atom. The quantitative estimate of drug-likeness (QED) is 0.861. The monoisotopic (exact) mass is 267 g/mol. The van der Waals surface area contributed by atoms with E-state index in [0.717, 1.165) is 18.0 Å². The van der Waals surface area contributed by atoms with Crippen LogP contribution in [0.4, 0.5) is 0 Å². The van der Waals surface area contributed by atoms with Gasteiger partial charge in [-0.05, 0) is 43.4 Å². The highest BCUT2D eigenvalue weighted by Crippen LogP contribution is 2.27. The largest absolute Gasteiger partial charge is 0.506 e. The number of rotatable bonds is 4. The molecule has 2 rings (SSSR count). The van der Waals surface area contributed by atoms with Crippen molar-refractivity contribution in [2.45, 2.75) is 51.6 Å². The number of phenolic OH excluding ortho intramolecular Hbond substituents is 1. The second-order valence-electron chi connectivity index (χ2n) is 5.35. The maximum Gasteiger partial charge on any atom is 0.134 e. The lowest BCUT2D eigenvalue weighted by molar-refractivity contribution is 0.280. The third-order valence-corrected chi connectivity index (χ3v) is 4.30. The summed E-state index contributed by atoms with van der Waals surface area (Å²) in [5.41, 5.74) is 1.13. The molecule has 0 heterocycles. The number of benzene rings is 1. The third-order valence-electron chi connectivity index (χ3n) is 4.00. The lowest BCUT2D eigenvalue weighted by Gasteiger charge is -2.28. The number of phenols is 1. The summed E-state index contributed by atoms with van der Waals surface area (Å²) < 4.78 is 0. The van der Waals surface area contributed by atoms with Crippen LogP contribution in [0.25, 0.3) is 0 Å². The number of hydrogen-bond donors (Lipinski definition) is 2. The molecule has 0 unspecified atom stereocenters. The molecule has 1 atom stereocenters. The number of nitrogens with one attached hydrogen (secondary N) is 1. The fourth-order valence-corrected chi connectivity index (χ4v) is 2.94. The maximum absolute atomic E-state index is 9.37. The van der Waals surface area contributed by atoms with E-state index < -0.39 is 0 Å². The summed E-state index contributed by atoms with van der Waals surface area (Å²) >= 11 is 5.90. The molecular formula is C15H22ClNO. The summed E-state index contributed by atoms with van der Waals surface area (Å²) in [6.45, 7) is 3.09. The van der Waals surface area contributed by atoms with Crippen molar-refractivity contribution in [3.8, 4) is 5.75 Å². The van der Waals surface area contributed by atoms with Gasteiger partial charge < -0.3 is 10.4 Å². The van der Waals surface area contributed by atoms with Crippen molar-refractivity contribution >= 4 is 11.6 Å². The minimum absolute atomic E-state index is 0.153. The highest BCUT2D eigenvalue weighted by molar-refractivity contribution is 6.32. The Morgan fingerprint density at radius 3 is 2.72 bits per heavy atom. The standard InChI is InChI=1S/C15H22ClNO/c1-11(13-5-3-2-4-6-13)17-10-12-7-8-15(18)14(16)9-12/h7-9,11,13,17-18H,2-6,10H2,1H3/t11-/m0/s1. The lowest BCUT2D eigenvalue weighted by atomic mass is 9.84. The number of aromatic hydroxyl groups is 1. The van der Waals surface area contributed by atoms with Gasteiger partial charge in [0.05, 0.1) is 5.02 Å². The van der Waals surface area contributed by atoms with Gasteiger partial charge in [-0.15, -0.1) is 0 Å². The molecule has 2 N–H and O–H groups in total. The average Bonchev–Trinajstić information content (AvgIpc) is 2.41. The van der Waals surface area contributed by atoms with Crippen LogP contribution >= 0.6 is 11.6 Å². The predicted molar refractivity (Wildman–Crippen MR) is 76.0 cm³/mol. The third kappa shape index (κ3) is 3.63. The van der Waals surface area contributed by atoms with E-state index in [9.17, 15) is 5.11 Å². The molecule has 1 saturated carbocycles. The van der Waals surface area contributed by atoms with Gasteiger partial charge in [0.25, 0.3) is 0 Å². The zero-order valence-corrected chi connectivity index (χ0v) is 11.7. The first kappa shape index (κ1) is 13.7. The fourth-order valence-electron chi connectivity index (χ4n) is 2.74. The first-order valence-corrected chi connectivity index (χ1v) is 7.25. The van der Waals surface area contributed by atoms with Crippen LogP contribution < -0.4 is 5.32 Å². The molecule has 1 aromatic rings. The van der Waals surface area contributed by atoms with Crippen LogP contribution in [0.2, 0.25) is 5.02 Å². The van der Waals surface area contributed by atoms with Crippen molar-refractivity contribution in [2.24, 2.45) is 5.92 Å². The molecule has 18 heavy (non-hydrogen) atoms. The van der Waals surface area contributed by atoms with Gasteiger partial charge in [0.2, 0.25) is 0 Å². The van der Waals surface area contributed by atoms with Crippen molar-refractivity contribution in [2.75, 3.05) is 0 Å². The molecule has 1 fully saturated rings. The van der Waals surface area contributed by atoms with Crippen molar-refractivity contribution in [1.82, 2.24) is 5.32 Å². The van der Waals surface area contributed by atoms with Crippen LogP contribution in [0.5, 0.6) is 5.75 Å². The molecule has 3 heteroatoms. The summed E-state index contributed by atoms with van der Waals surface area (Å²) in [6, 6.07) is 5.96. The van der Waals surface area contributed by atoms with E-state index in [4.69, 9.17) is 11.6 Å². The molecule has 0 spiro atoms. The number of hydrogen-bond acceptors (Lipinski definition) is 2. The highest BCUT2D eigenvalue weighted by Gasteiger charge is 2.19. The molecule has 0 amide bonds. The van der Waals surface area contributed by atoms with Crippen LogP contribution in [-0.2, 0) is 6.54 Å². The van der Waals surface area contributed by atoms with Crippen molar-refractivity contribution in [3.63, 3.8) is 0 Å². The Kier molecular flexibility index (Phi) is 4.90. The van der Waals surface area contributed by atoms with Crippen LogP contribution in [-0.4, -0.2) is 11.1 Å². The second kappa shape index (κ2) is 6.44. The second-order valence-corrected chi connectivity index (χ2v) is 5.76. The Morgan fingerprint density at radius 2 is 2.06 bits per heavy atom. The number of halogens is 1. The van der Waals surface area contributed by atoms with Gasteiger partial charge in [0.1, 0.15) is 5.75 Å². The fraction of sp³-hybridized carbons (Fsp3) is 0.600. The van der Waals surface area contributed by atoms with Gasteiger partial charge in [-0.2, -0.15) is 0 Å². The molecule has 2 nitrogen and oxygen atoms in total. The first-order valence-electron chi connectivity index (χ1n) is 6.87. The Hall–Kier alpha value is -0.730. The highest BCUT2D eigenvalue weighted by atomic mass is 35.5. The molecule has 0 aromatic heterocycles. The van der Waals surface area contributed by atoms with Gasteiger partial charge >= 0.3 is 0 Å². The zero-order chi connectivity index (χ0) is 13.0. The van der Waals surface area contributed by atoms with Gasteiger partial charge in [-0.1, -0.05) is 36.9 Å². The first-order chi connectivity index (χ1) is 8.66. The van der Waals surface area contributed by atoms with Crippen molar-refractivity contribution < 1.29 is 5.11 Å². The Labute approximate surface area is 114 Å². The van der Waals surface area contributed by atoms with Gasteiger partial charge in [0.15, 0.2) is 0 Å². The predicted octanol–water partition coefficient (Wildman–Crippen LogP) is 4.10. The van der Waals surface area contributed by atoms with E-state index in [1.54, 1.807) is 6.07 Å². The van der Waals surface area contributed by atoms with Crippen LogP contribution in [0.15, 0.2) is 18.2 Å². The van der Waals surface area contributed by atoms with Crippen LogP contribution in [0.3, 0.4) is 0 Å². The summed E-state index contributed by atoms with van der Waals surface area (Å²) in [5.74, 6) is 0.965. The normalized spacial score (nSPS) is 18.8. The average molecular weight is 268 g/mol. The molecule has 0 radical (unpaired) electrons. The minimum Gasteiger partial charge on any atom is -0.506 e. The van der Waals surface area contributed by atoms with Crippen molar-refractivity contribution in [3.05, 3.63) is 28.8 Å². The lowest BCUT2D eigenvalue weighted by Crippen LogP contribution is -2.34. The molecule has 0 bridgehead atoms. The van der Waals surface area contributed by atoms with E-state index in [1.165, 1.54) is 32.1 Å². The molecule has 0 saturated heterocycles. The zero-order valence-electron chi connectivity index (χ0n) is 11.0. The van der Waals surface area contributed by atoms with E-state index in [-0.39, 0.29) is 5.75 Å². The van der Waals surface area contributed by atoms with Crippen LogP contribution in [0.1, 0.15) is 44.6 Å². The molecule has 1 aromatic carbocycles. The summed E-state index contributed by atoms with van der Waals surface area (Å²) in [6.07, 6.45) is 6.86. The molecule has 0 aliphatic heterocycles. The molecule has 100 valence electrons.